The largest absolute Gasteiger partial charge is 0.462 e. The van der Waals surface area contributed by atoms with E-state index in [-0.39, 0.29) is 17.1 Å². The van der Waals surface area contributed by atoms with Gasteiger partial charge in [0.1, 0.15) is 5.82 Å². The minimum Gasteiger partial charge on any atom is -0.462 e. The highest BCUT2D eigenvalue weighted by atomic mass is 32.2. The van der Waals surface area contributed by atoms with Crippen molar-refractivity contribution >= 4 is 27.3 Å². The fourth-order valence-electron chi connectivity index (χ4n) is 2.61. The molecule has 0 amide bonds. The number of hydrogen-bond donors (Lipinski definition) is 1. The number of thiophene rings is 1. The Hall–Kier alpha value is -2.55. The van der Waals surface area contributed by atoms with Gasteiger partial charge in [-0.3, -0.25) is 0 Å². The van der Waals surface area contributed by atoms with Gasteiger partial charge < -0.3 is 4.74 Å². The molecule has 0 aliphatic rings. The minimum absolute atomic E-state index is 0.0178. The molecule has 3 rings (SSSR count). The molecule has 1 heterocycles. The maximum atomic E-state index is 13.3. The molecule has 1 atom stereocenters. The van der Waals surface area contributed by atoms with E-state index in [2.05, 4.69) is 4.72 Å². The maximum absolute atomic E-state index is 13.3. The highest BCUT2D eigenvalue weighted by Gasteiger charge is 2.24. The molecule has 28 heavy (non-hydrogen) atoms. The SMILES string of the molecule is CCOC(=O)c1ccc(S(=O)(=O)NC(c2ccc(F)cc2)c2cccs2)cc1. The molecule has 146 valence electrons. The van der Waals surface area contributed by atoms with Crippen molar-refractivity contribution in [3.8, 4) is 0 Å². The van der Waals surface area contributed by atoms with E-state index >= 15 is 0 Å². The highest BCUT2D eigenvalue weighted by molar-refractivity contribution is 7.89. The molecule has 0 bridgehead atoms. The van der Waals surface area contributed by atoms with E-state index in [1.54, 1.807) is 19.1 Å². The molecular formula is C20H18FNO4S2. The van der Waals surface area contributed by atoms with E-state index in [4.69, 9.17) is 4.74 Å². The standard InChI is InChI=1S/C20H18FNO4S2/c1-2-26-20(23)15-7-11-17(12-8-15)28(24,25)22-19(18-4-3-13-27-18)14-5-9-16(21)10-6-14/h3-13,19,22H,2H2,1H3. The van der Waals surface area contributed by atoms with Crippen molar-refractivity contribution in [1.29, 1.82) is 0 Å². The van der Waals surface area contributed by atoms with E-state index < -0.39 is 27.9 Å². The molecular weight excluding hydrogens is 401 g/mol. The summed E-state index contributed by atoms with van der Waals surface area (Å²) in [4.78, 5) is 12.5. The molecule has 0 aliphatic heterocycles. The van der Waals surface area contributed by atoms with Gasteiger partial charge in [-0.05, 0) is 60.3 Å². The Labute approximate surface area is 166 Å². The van der Waals surface area contributed by atoms with E-state index in [1.165, 1.54) is 47.7 Å². The van der Waals surface area contributed by atoms with Crippen LogP contribution >= 0.6 is 11.3 Å². The Morgan fingerprint density at radius 3 is 2.36 bits per heavy atom. The van der Waals surface area contributed by atoms with Crippen molar-refractivity contribution in [3.05, 3.63) is 87.9 Å². The first-order valence-corrected chi connectivity index (χ1v) is 10.9. The number of halogens is 1. The predicted molar refractivity (Wildman–Crippen MR) is 105 cm³/mol. The molecule has 0 aliphatic carbocycles. The number of hydrogen-bond acceptors (Lipinski definition) is 5. The number of carbonyl (C=O) groups is 1. The number of esters is 1. The molecule has 1 aromatic heterocycles. The average Bonchev–Trinajstić information content (AvgIpc) is 3.22. The van der Waals surface area contributed by atoms with Crippen LogP contribution in [0.1, 0.15) is 33.8 Å². The highest BCUT2D eigenvalue weighted by Crippen LogP contribution is 2.28. The van der Waals surface area contributed by atoms with Crippen molar-refractivity contribution < 1.29 is 22.3 Å². The number of nitrogens with one attached hydrogen (secondary N) is 1. The summed E-state index contributed by atoms with van der Waals surface area (Å²) in [5.74, 6) is -0.909. The summed E-state index contributed by atoms with van der Waals surface area (Å²) in [6.07, 6.45) is 0. The Balaban J connectivity index is 1.89. The smallest absolute Gasteiger partial charge is 0.338 e. The monoisotopic (exact) mass is 419 g/mol. The van der Waals surface area contributed by atoms with E-state index in [0.29, 0.717) is 5.56 Å². The fraction of sp³-hybridized carbons (Fsp3) is 0.150. The van der Waals surface area contributed by atoms with Crippen LogP contribution in [0.15, 0.2) is 70.9 Å². The number of ether oxygens (including phenoxy) is 1. The topological polar surface area (TPSA) is 72.5 Å². The maximum Gasteiger partial charge on any atom is 0.338 e. The summed E-state index contributed by atoms with van der Waals surface area (Å²) in [6.45, 7) is 1.93. The third-order valence-corrected chi connectivity index (χ3v) is 6.36. The van der Waals surface area contributed by atoms with E-state index in [0.717, 1.165) is 4.88 Å². The van der Waals surface area contributed by atoms with Crippen molar-refractivity contribution in [3.63, 3.8) is 0 Å². The second-order valence-corrected chi connectivity index (χ2v) is 8.56. The van der Waals surface area contributed by atoms with Crippen LogP contribution in [0, 0.1) is 5.82 Å². The molecule has 1 N–H and O–H groups in total. The van der Waals surface area contributed by atoms with Crippen LogP contribution in [0.3, 0.4) is 0 Å². The third-order valence-electron chi connectivity index (χ3n) is 3.98. The molecule has 2 aromatic carbocycles. The normalized spacial score (nSPS) is 12.5. The summed E-state index contributed by atoms with van der Waals surface area (Å²) < 4.78 is 46.6. The number of sulfonamides is 1. The number of benzene rings is 2. The van der Waals surface area contributed by atoms with E-state index in [1.807, 2.05) is 17.5 Å². The Kier molecular flexibility index (Phi) is 6.23. The van der Waals surface area contributed by atoms with Crippen LogP contribution in [0.4, 0.5) is 4.39 Å². The number of rotatable bonds is 7. The van der Waals surface area contributed by atoms with Crippen LogP contribution < -0.4 is 4.72 Å². The minimum atomic E-state index is -3.89. The summed E-state index contributed by atoms with van der Waals surface area (Å²) in [5, 5.41) is 1.84. The van der Waals surface area contributed by atoms with Gasteiger partial charge in [0.05, 0.1) is 23.1 Å². The van der Waals surface area contributed by atoms with Gasteiger partial charge in [-0.2, -0.15) is 4.72 Å². The second-order valence-electron chi connectivity index (χ2n) is 5.87. The molecule has 3 aromatic rings. The van der Waals surface area contributed by atoms with Crippen molar-refractivity contribution in [2.45, 2.75) is 17.9 Å². The first kappa shape index (κ1) is 20.2. The lowest BCUT2D eigenvalue weighted by Gasteiger charge is -2.18. The second kappa shape index (κ2) is 8.64. The average molecular weight is 419 g/mol. The fourth-order valence-corrected chi connectivity index (χ4v) is 4.69. The lowest BCUT2D eigenvalue weighted by Crippen LogP contribution is -2.29. The van der Waals surface area contributed by atoms with Gasteiger partial charge >= 0.3 is 5.97 Å². The first-order valence-electron chi connectivity index (χ1n) is 8.49. The zero-order valence-corrected chi connectivity index (χ0v) is 16.6. The Morgan fingerprint density at radius 2 is 1.79 bits per heavy atom. The lowest BCUT2D eigenvalue weighted by molar-refractivity contribution is 0.0526. The van der Waals surface area contributed by atoms with Crippen molar-refractivity contribution in [1.82, 2.24) is 4.72 Å². The van der Waals surface area contributed by atoms with Gasteiger partial charge in [-0.1, -0.05) is 18.2 Å². The van der Waals surface area contributed by atoms with Gasteiger partial charge in [0.15, 0.2) is 0 Å². The van der Waals surface area contributed by atoms with Gasteiger partial charge in [0.25, 0.3) is 0 Å². The van der Waals surface area contributed by atoms with Gasteiger partial charge in [-0.25, -0.2) is 17.6 Å². The summed E-state index contributed by atoms with van der Waals surface area (Å²) in [5.41, 5.74) is 0.893. The summed E-state index contributed by atoms with van der Waals surface area (Å²) in [7, 11) is -3.89. The van der Waals surface area contributed by atoms with Gasteiger partial charge in [-0.15, -0.1) is 11.3 Å². The van der Waals surface area contributed by atoms with Crippen LogP contribution in [-0.2, 0) is 14.8 Å². The molecule has 0 saturated heterocycles. The molecule has 0 fully saturated rings. The zero-order valence-electron chi connectivity index (χ0n) is 15.0. The molecule has 0 spiro atoms. The van der Waals surface area contributed by atoms with Crippen LogP contribution in [0.5, 0.6) is 0 Å². The molecule has 5 nitrogen and oxygen atoms in total. The molecule has 0 radical (unpaired) electrons. The lowest BCUT2D eigenvalue weighted by atomic mass is 10.1. The van der Waals surface area contributed by atoms with E-state index in [9.17, 15) is 17.6 Å². The molecule has 8 heteroatoms. The van der Waals surface area contributed by atoms with Crippen molar-refractivity contribution in [2.75, 3.05) is 6.61 Å². The van der Waals surface area contributed by atoms with Gasteiger partial charge in [0, 0.05) is 4.88 Å². The number of carbonyl (C=O) groups excluding carboxylic acids is 1. The molecule has 1 unspecified atom stereocenters. The van der Waals surface area contributed by atoms with Crippen LogP contribution in [0.25, 0.3) is 0 Å². The summed E-state index contributed by atoms with van der Waals surface area (Å²) in [6, 6.07) is 14.2. The third kappa shape index (κ3) is 4.64. The Bertz CT molecular complexity index is 1030. The first-order chi connectivity index (χ1) is 13.4. The molecule has 0 saturated carbocycles. The predicted octanol–water partition coefficient (Wildman–Crippen LogP) is 4.13. The quantitative estimate of drug-likeness (QED) is 0.585. The summed E-state index contributed by atoms with van der Waals surface area (Å²) >= 11 is 1.40. The van der Waals surface area contributed by atoms with Crippen LogP contribution in [-0.4, -0.2) is 21.0 Å². The Morgan fingerprint density at radius 1 is 1.11 bits per heavy atom. The van der Waals surface area contributed by atoms with Crippen molar-refractivity contribution in [2.24, 2.45) is 0 Å². The van der Waals surface area contributed by atoms with Crippen LogP contribution in [0.2, 0.25) is 0 Å². The zero-order chi connectivity index (χ0) is 20.1. The van der Waals surface area contributed by atoms with Gasteiger partial charge in [0.2, 0.25) is 10.0 Å².